The molecule has 1 heterocycles. The first-order valence-electron chi connectivity index (χ1n) is 6.73. The zero-order valence-corrected chi connectivity index (χ0v) is 13.2. The second kappa shape index (κ2) is 7.76. The van der Waals surface area contributed by atoms with Gasteiger partial charge in [-0.25, -0.2) is 0 Å². The van der Waals surface area contributed by atoms with Gasteiger partial charge in [0.05, 0.1) is 26.4 Å². The van der Waals surface area contributed by atoms with Crippen molar-refractivity contribution in [3.8, 4) is 5.75 Å². The summed E-state index contributed by atoms with van der Waals surface area (Å²) in [7, 11) is 1.63. The quantitative estimate of drug-likeness (QED) is 0.681. The number of hydrogen-bond donors (Lipinski definition) is 0. The standard InChI is InChI=1S/C15H19BrO4/c1-18-6-7-19-4-3-14(17)10-12-9-13(16)8-11-2-5-20-15(11)12/h8-9H,2-7,10H2,1H3. The Balaban J connectivity index is 1.85. The van der Waals surface area contributed by atoms with Crippen molar-refractivity contribution in [3.63, 3.8) is 0 Å². The molecule has 0 N–H and O–H groups in total. The first kappa shape index (κ1) is 15.5. The van der Waals surface area contributed by atoms with Crippen LogP contribution in [-0.2, 0) is 27.1 Å². The van der Waals surface area contributed by atoms with Gasteiger partial charge in [-0.3, -0.25) is 4.79 Å². The maximum Gasteiger partial charge on any atom is 0.139 e. The number of ether oxygens (including phenoxy) is 3. The summed E-state index contributed by atoms with van der Waals surface area (Å²) in [5.41, 5.74) is 2.15. The highest BCUT2D eigenvalue weighted by atomic mass is 79.9. The molecule has 1 aromatic rings. The van der Waals surface area contributed by atoms with Gasteiger partial charge in [0.25, 0.3) is 0 Å². The van der Waals surface area contributed by atoms with Gasteiger partial charge in [0.1, 0.15) is 11.5 Å². The summed E-state index contributed by atoms with van der Waals surface area (Å²) in [6.07, 6.45) is 1.73. The number of fused-ring (bicyclic) bond motifs is 1. The molecule has 1 aliphatic heterocycles. The fourth-order valence-electron chi connectivity index (χ4n) is 2.21. The largest absolute Gasteiger partial charge is 0.493 e. The number of carbonyl (C=O) groups is 1. The summed E-state index contributed by atoms with van der Waals surface area (Å²) in [5.74, 6) is 1.06. The first-order valence-corrected chi connectivity index (χ1v) is 7.52. The molecule has 0 bridgehead atoms. The molecule has 1 aliphatic rings. The Labute approximate surface area is 127 Å². The Morgan fingerprint density at radius 1 is 1.35 bits per heavy atom. The lowest BCUT2D eigenvalue weighted by Crippen LogP contribution is -2.10. The molecule has 0 atom stereocenters. The van der Waals surface area contributed by atoms with Crippen LogP contribution in [0.5, 0.6) is 5.75 Å². The average Bonchev–Trinajstić information content (AvgIpc) is 2.86. The molecular weight excluding hydrogens is 324 g/mol. The van der Waals surface area contributed by atoms with Gasteiger partial charge in [-0.1, -0.05) is 15.9 Å². The summed E-state index contributed by atoms with van der Waals surface area (Å²) >= 11 is 3.48. The van der Waals surface area contributed by atoms with Crippen LogP contribution in [0.25, 0.3) is 0 Å². The number of hydrogen-bond acceptors (Lipinski definition) is 4. The van der Waals surface area contributed by atoms with Crippen molar-refractivity contribution < 1.29 is 19.0 Å². The molecule has 0 fully saturated rings. The van der Waals surface area contributed by atoms with Gasteiger partial charge in [0, 0.05) is 36.4 Å². The van der Waals surface area contributed by atoms with E-state index in [9.17, 15) is 4.79 Å². The van der Waals surface area contributed by atoms with E-state index in [0.717, 1.165) is 22.2 Å². The molecule has 0 spiro atoms. The molecule has 1 aromatic carbocycles. The van der Waals surface area contributed by atoms with Crippen molar-refractivity contribution in [1.82, 2.24) is 0 Å². The van der Waals surface area contributed by atoms with Crippen LogP contribution in [0.2, 0.25) is 0 Å². The molecule has 20 heavy (non-hydrogen) atoms. The van der Waals surface area contributed by atoms with Crippen molar-refractivity contribution in [2.24, 2.45) is 0 Å². The maximum atomic E-state index is 12.0. The molecule has 0 amide bonds. The van der Waals surface area contributed by atoms with E-state index in [1.54, 1.807) is 7.11 Å². The predicted molar refractivity (Wildman–Crippen MR) is 79.4 cm³/mol. The third kappa shape index (κ3) is 4.30. The molecular formula is C15H19BrO4. The van der Waals surface area contributed by atoms with E-state index in [4.69, 9.17) is 14.2 Å². The van der Waals surface area contributed by atoms with Crippen molar-refractivity contribution in [2.75, 3.05) is 33.5 Å². The van der Waals surface area contributed by atoms with E-state index < -0.39 is 0 Å². The van der Waals surface area contributed by atoms with Crippen LogP contribution < -0.4 is 4.74 Å². The fourth-order valence-corrected chi connectivity index (χ4v) is 2.76. The van der Waals surface area contributed by atoms with Crippen molar-refractivity contribution in [2.45, 2.75) is 19.3 Å². The van der Waals surface area contributed by atoms with E-state index in [1.807, 2.05) is 6.07 Å². The molecule has 0 aliphatic carbocycles. The van der Waals surface area contributed by atoms with Gasteiger partial charge in [0.2, 0.25) is 0 Å². The van der Waals surface area contributed by atoms with E-state index in [0.29, 0.717) is 39.3 Å². The Morgan fingerprint density at radius 3 is 3.00 bits per heavy atom. The zero-order chi connectivity index (χ0) is 14.4. The van der Waals surface area contributed by atoms with Crippen LogP contribution in [0.4, 0.5) is 0 Å². The highest BCUT2D eigenvalue weighted by Crippen LogP contribution is 2.33. The van der Waals surface area contributed by atoms with Crippen molar-refractivity contribution in [1.29, 1.82) is 0 Å². The fraction of sp³-hybridized carbons (Fsp3) is 0.533. The van der Waals surface area contributed by atoms with Gasteiger partial charge in [-0.2, -0.15) is 0 Å². The minimum atomic E-state index is 0.165. The van der Waals surface area contributed by atoms with Gasteiger partial charge in [-0.05, 0) is 17.7 Å². The first-order chi connectivity index (χ1) is 9.70. The molecule has 2 rings (SSSR count). The third-order valence-corrected chi connectivity index (χ3v) is 3.63. The van der Waals surface area contributed by atoms with Crippen molar-refractivity contribution in [3.05, 3.63) is 27.7 Å². The number of benzene rings is 1. The molecule has 0 aromatic heterocycles. The normalized spacial score (nSPS) is 13.1. The predicted octanol–water partition coefficient (Wildman–Crippen LogP) is 2.55. The van der Waals surface area contributed by atoms with Crippen LogP contribution >= 0.6 is 15.9 Å². The van der Waals surface area contributed by atoms with Gasteiger partial charge < -0.3 is 14.2 Å². The molecule has 4 nitrogen and oxygen atoms in total. The van der Waals surface area contributed by atoms with Crippen LogP contribution in [-0.4, -0.2) is 39.3 Å². The number of carbonyl (C=O) groups excluding carboxylic acids is 1. The SMILES string of the molecule is COCCOCCC(=O)Cc1cc(Br)cc2c1OCC2. The number of halogens is 1. The third-order valence-electron chi connectivity index (χ3n) is 3.17. The summed E-state index contributed by atoms with van der Waals surface area (Å²) in [5, 5.41) is 0. The van der Waals surface area contributed by atoms with Crippen LogP contribution in [0.15, 0.2) is 16.6 Å². The Hall–Kier alpha value is -0.910. The molecule has 5 heteroatoms. The Bertz CT molecular complexity index is 473. The topological polar surface area (TPSA) is 44.8 Å². The van der Waals surface area contributed by atoms with Crippen molar-refractivity contribution >= 4 is 21.7 Å². The molecule has 0 radical (unpaired) electrons. The number of ketones is 1. The van der Waals surface area contributed by atoms with Crippen LogP contribution in [0.3, 0.4) is 0 Å². The van der Waals surface area contributed by atoms with Gasteiger partial charge in [-0.15, -0.1) is 0 Å². The smallest absolute Gasteiger partial charge is 0.139 e. The monoisotopic (exact) mass is 342 g/mol. The summed E-state index contributed by atoms with van der Waals surface area (Å²) in [4.78, 5) is 12.0. The number of Topliss-reactive ketones (excluding diaryl/α,β-unsaturated/α-hetero) is 1. The van der Waals surface area contributed by atoms with E-state index >= 15 is 0 Å². The molecule has 0 saturated carbocycles. The molecule has 0 unspecified atom stereocenters. The van der Waals surface area contributed by atoms with Gasteiger partial charge >= 0.3 is 0 Å². The van der Waals surface area contributed by atoms with E-state index in [2.05, 4.69) is 22.0 Å². The van der Waals surface area contributed by atoms with E-state index in [1.165, 1.54) is 5.56 Å². The molecule has 110 valence electrons. The average molecular weight is 343 g/mol. The second-order valence-electron chi connectivity index (χ2n) is 4.72. The summed E-state index contributed by atoms with van der Waals surface area (Å²) < 4.78 is 16.8. The number of methoxy groups -OCH3 is 1. The second-order valence-corrected chi connectivity index (χ2v) is 5.64. The summed E-state index contributed by atoms with van der Waals surface area (Å²) in [6.45, 7) is 2.23. The molecule has 0 saturated heterocycles. The van der Waals surface area contributed by atoms with Crippen LogP contribution in [0, 0.1) is 0 Å². The lowest BCUT2D eigenvalue weighted by atomic mass is 10.0. The minimum Gasteiger partial charge on any atom is -0.493 e. The summed E-state index contributed by atoms with van der Waals surface area (Å²) in [6, 6.07) is 4.03. The van der Waals surface area contributed by atoms with E-state index in [-0.39, 0.29) is 5.78 Å². The highest BCUT2D eigenvalue weighted by Gasteiger charge is 2.19. The van der Waals surface area contributed by atoms with Gasteiger partial charge in [0.15, 0.2) is 0 Å². The number of rotatable bonds is 8. The highest BCUT2D eigenvalue weighted by molar-refractivity contribution is 9.10. The Kier molecular flexibility index (Phi) is 6.01. The maximum absolute atomic E-state index is 12.0. The minimum absolute atomic E-state index is 0.165. The zero-order valence-electron chi connectivity index (χ0n) is 11.6. The lowest BCUT2D eigenvalue weighted by Gasteiger charge is -2.09. The lowest BCUT2D eigenvalue weighted by molar-refractivity contribution is -0.119. The van der Waals surface area contributed by atoms with Crippen LogP contribution in [0.1, 0.15) is 17.5 Å². The Morgan fingerprint density at radius 2 is 2.20 bits per heavy atom.